The molecule has 5 nitrogen and oxygen atoms in total. The Morgan fingerprint density at radius 2 is 1.38 bits per heavy atom. The minimum Gasteiger partial charge on any atom is -0.370 e. The van der Waals surface area contributed by atoms with Crippen LogP contribution in [0.5, 0.6) is 0 Å². The van der Waals surface area contributed by atoms with Crippen LogP contribution in [0.1, 0.15) is 5.56 Å². The van der Waals surface area contributed by atoms with Crippen molar-refractivity contribution in [2.45, 2.75) is 6.54 Å². The number of benzene rings is 2. The van der Waals surface area contributed by atoms with Crippen LogP contribution in [0.4, 0.5) is 0 Å². The first kappa shape index (κ1) is 16.5. The van der Waals surface area contributed by atoms with Gasteiger partial charge in [0.15, 0.2) is 5.96 Å². The molecule has 6 N–H and O–H groups in total. The predicted molar refractivity (Wildman–Crippen MR) is 90.3 cm³/mol. The van der Waals surface area contributed by atoms with Crippen molar-refractivity contribution >= 4 is 24.3 Å². The van der Waals surface area contributed by atoms with E-state index in [9.17, 15) is 0 Å². The molecular formula is C15H18ClN5. The van der Waals surface area contributed by atoms with E-state index in [1.165, 1.54) is 5.56 Å². The average Bonchev–Trinajstić information content (AvgIpc) is 2.46. The molecule has 0 amide bonds. The number of nitrogens with two attached hydrogens (primary N) is 3. The third-order valence-electron chi connectivity index (χ3n) is 2.73. The first-order chi connectivity index (χ1) is 9.65. The number of aliphatic imine (C=N–C) groups is 2. The van der Waals surface area contributed by atoms with Gasteiger partial charge >= 0.3 is 0 Å². The summed E-state index contributed by atoms with van der Waals surface area (Å²) < 4.78 is 0. The van der Waals surface area contributed by atoms with E-state index in [4.69, 9.17) is 17.2 Å². The maximum absolute atomic E-state index is 5.55. The topological polar surface area (TPSA) is 103 Å². The number of nitrogens with zero attached hydrogens (tertiary/aromatic N) is 2. The van der Waals surface area contributed by atoms with E-state index in [1.54, 1.807) is 0 Å². The summed E-state index contributed by atoms with van der Waals surface area (Å²) in [4.78, 5) is 7.74. The summed E-state index contributed by atoms with van der Waals surface area (Å²) >= 11 is 0. The highest BCUT2D eigenvalue weighted by Crippen LogP contribution is 2.19. The number of guanidine groups is 2. The molecular weight excluding hydrogens is 286 g/mol. The Morgan fingerprint density at radius 1 is 0.810 bits per heavy atom. The van der Waals surface area contributed by atoms with Gasteiger partial charge in [0.05, 0.1) is 6.54 Å². The molecule has 2 aromatic carbocycles. The second-order valence-corrected chi connectivity index (χ2v) is 4.27. The molecule has 0 spiro atoms. The molecule has 2 rings (SSSR count). The Bertz CT molecular complexity index is 616. The fourth-order valence-corrected chi connectivity index (χ4v) is 1.77. The zero-order valence-electron chi connectivity index (χ0n) is 11.4. The first-order valence-corrected chi connectivity index (χ1v) is 6.19. The molecule has 0 aliphatic heterocycles. The molecule has 0 aromatic heterocycles. The second-order valence-electron chi connectivity index (χ2n) is 4.27. The molecule has 2 aromatic rings. The van der Waals surface area contributed by atoms with Crippen LogP contribution < -0.4 is 17.2 Å². The van der Waals surface area contributed by atoms with Crippen molar-refractivity contribution in [3.05, 3.63) is 60.2 Å². The molecule has 0 radical (unpaired) electrons. The largest absolute Gasteiger partial charge is 0.370 e. The molecule has 0 heterocycles. The van der Waals surface area contributed by atoms with Crippen LogP contribution in [-0.4, -0.2) is 11.9 Å². The van der Waals surface area contributed by atoms with Gasteiger partial charge in [-0.3, -0.25) is 0 Å². The van der Waals surface area contributed by atoms with Crippen LogP contribution in [-0.2, 0) is 6.54 Å². The van der Waals surface area contributed by atoms with Crippen molar-refractivity contribution in [1.82, 2.24) is 0 Å². The Balaban J connectivity index is 0.00000220. The Labute approximate surface area is 130 Å². The molecule has 6 heteroatoms. The molecule has 0 saturated heterocycles. The lowest BCUT2D eigenvalue weighted by Gasteiger charge is -2.03. The minimum absolute atomic E-state index is 0. The number of hydrogen-bond donors (Lipinski definition) is 3. The summed E-state index contributed by atoms with van der Waals surface area (Å²) in [7, 11) is 0. The van der Waals surface area contributed by atoms with E-state index >= 15 is 0 Å². The van der Waals surface area contributed by atoms with Gasteiger partial charge in [0, 0.05) is 0 Å². The van der Waals surface area contributed by atoms with E-state index in [-0.39, 0.29) is 24.3 Å². The van der Waals surface area contributed by atoms with Crippen molar-refractivity contribution < 1.29 is 0 Å². The summed E-state index contributed by atoms with van der Waals surface area (Å²) in [5.41, 5.74) is 19.4. The van der Waals surface area contributed by atoms with Crippen molar-refractivity contribution in [2.24, 2.45) is 27.2 Å². The van der Waals surface area contributed by atoms with Gasteiger partial charge in [0.2, 0.25) is 5.96 Å². The summed E-state index contributed by atoms with van der Waals surface area (Å²) in [6.45, 7) is 0.442. The third-order valence-corrected chi connectivity index (χ3v) is 2.73. The fourth-order valence-electron chi connectivity index (χ4n) is 1.77. The van der Waals surface area contributed by atoms with E-state index < -0.39 is 0 Å². The van der Waals surface area contributed by atoms with Crippen LogP contribution in [0.3, 0.4) is 0 Å². The van der Waals surface area contributed by atoms with E-state index in [1.807, 2.05) is 30.3 Å². The minimum atomic E-state index is -0.0920. The fraction of sp³-hybridized carbons (Fsp3) is 0.0667. The lowest BCUT2D eigenvalue weighted by Crippen LogP contribution is -2.26. The predicted octanol–water partition coefficient (Wildman–Crippen LogP) is 1.86. The Hall–Kier alpha value is -2.53. The van der Waals surface area contributed by atoms with Crippen molar-refractivity contribution in [3.63, 3.8) is 0 Å². The lowest BCUT2D eigenvalue weighted by molar-refractivity contribution is 1.05. The summed E-state index contributed by atoms with van der Waals surface area (Å²) in [5.74, 6) is -0.0113. The first-order valence-electron chi connectivity index (χ1n) is 6.19. The zero-order chi connectivity index (χ0) is 14.4. The monoisotopic (exact) mass is 303 g/mol. The van der Waals surface area contributed by atoms with Crippen molar-refractivity contribution in [2.75, 3.05) is 0 Å². The van der Waals surface area contributed by atoms with Crippen molar-refractivity contribution in [1.29, 1.82) is 0 Å². The van der Waals surface area contributed by atoms with Crippen LogP contribution in [0, 0.1) is 0 Å². The molecule has 0 fully saturated rings. The maximum Gasteiger partial charge on any atom is 0.218 e. The summed E-state index contributed by atoms with van der Waals surface area (Å²) in [5, 5.41) is 0. The zero-order valence-corrected chi connectivity index (χ0v) is 12.3. The van der Waals surface area contributed by atoms with E-state index in [2.05, 4.69) is 34.3 Å². The number of halogens is 1. The molecule has 0 aliphatic carbocycles. The Kier molecular flexibility index (Phi) is 6.23. The van der Waals surface area contributed by atoms with Crippen LogP contribution in [0.15, 0.2) is 64.6 Å². The highest BCUT2D eigenvalue weighted by Gasteiger charge is 1.97. The summed E-state index contributed by atoms with van der Waals surface area (Å²) in [6, 6.07) is 18.3. The smallest absolute Gasteiger partial charge is 0.218 e. The third kappa shape index (κ3) is 5.16. The highest BCUT2D eigenvalue weighted by molar-refractivity contribution is 5.92. The summed E-state index contributed by atoms with van der Waals surface area (Å²) in [6.07, 6.45) is 0. The molecule has 110 valence electrons. The van der Waals surface area contributed by atoms with Gasteiger partial charge in [0.25, 0.3) is 0 Å². The molecule has 0 unspecified atom stereocenters. The van der Waals surface area contributed by atoms with Crippen molar-refractivity contribution in [3.8, 4) is 11.1 Å². The van der Waals surface area contributed by atoms with Gasteiger partial charge in [0.1, 0.15) is 0 Å². The normalized spacial score (nSPS) is 10.6. The van der Waals surface area contributed by atoms with Crippen LogP contribution >= 0.6 is 12.4 Å². The number of hydrogen-bond acceptors (Lipinski definition) is 1. The molecule has 0 saturated carbocycles. The molecule has 0 bridgehead atoms. The number of rotatable bonds is 3. The van der Waals surface area contributed by atoms with Gasteiger partial charge < -0.3 is 17.2 Å². The van der Waals surface area contributed by atoms with Gasteiger partial charge in [-0.2, -0.15) is 4.99 Å². The van der Waals surface area contributed by atoms with Gasteiger partial charge in [-0.05, 0) is 16.7 Å². The van der Waals surface area contributed by atoms with Crippen LogP contribution in [0.2, 0.25) is 0 Å². The van der Waals surface area contributed by atoms with Crippen LogP contribution in [0.25, 0.3) is 11.1 Å². The van der Waals surface area contributed by atoms with E-state index in [0.29, 0.717) is 6.54 Å². The highest BCUT2D eigenvalue weighted by atomic mass is 35.5. The Morgan fingerprint density at radius 3 is 1.95 bits per heavy atom. The average molecular weight is 304 g/mol. The molecule has 21 heavy (non-hydrogen) atoms. The van der Waals surface area contributed by atoms with Gasteiger partial charge in [-0.25, -0.2) is 4.99 Å². The quantitative estimate of drug-likeness (QED) is 0.595. The van der Waals surface area contributed by atoms with Gasteiger partial charge in [-0.15, -0.1) is 12.4 Å². The SMILES string of the molecule is Cl.NC(N)=NC(N)=NCc1ccc(-c2ccccc2)cc1. The molecule has 0 atom stereocenters. The molecule has 0 aliphatic rings. The second kappa shape index (κ2) is 7.91. The lowest BCUT2D eigenvalue weighted by atomic mass is 10.0. The standard InChI is InChI=1S/C15H17N5.ClH/c16-14(17)20-15(18)19-10-11-6-8-13(9-7-11)12-4-2-1-3-5-12;/h1-9H,10H2,(H6,16,17,18,19,20);1H. The van der Waals surface area contributed by atoms with Gasteiger partial charge in [-0.1, -0.05) is 54.6 Å². The van der Waals surface area contributed by atoms with E-state index in [0.717, 1.165) is 11.1 Å². The maximum atomic E-state index is 5.55.